The van der Waals surface area contributed by atoms with Gasteiger partial charge in [0.2, 0.25) is 17.7 Å². The Morgan fingerprint density at radius 1 is 1.00 bits per heavy atom. The molecule has 0 unspecified atom stereocenters. The average Bonchev–Trinajstić information content (AvgIpc) is 3.49. The van der Waals surface area contributed by atoms with E-state index in [1.165, 1.54) is 40.5 Å². The Balaban J connectivity index is 1.17. The first-order chi connectivity index (χ1) is 28.2. The molecule has 1 saturated heterocycles. The topological polar surface area (TPSA) is 224 Å². The molecular weight excluding hydrogens is 781 g/mol. The number of ether oxygens (including phenoxy) is 2. The van der Waals surface area contributed by atoms with Gasteiger partial charge in [0.25, 0.3) is 17.5 Å². The Morgan fingerprint density at radius 3 is 2.44 bits per heavy atom. The van der Waals surface area contributed by atoms with E-state index in [4.69, 9.17) is 19.4 Å². The van der Waals surface area contributed by atoms with Crippen LogP contribution in [0.4, 0.5) is 10.5 Å². The number of carbonyl (C=O) groups is 5. The van der Waals surface area contributed by atoms with Crippen LogP contribution in [0.5, 0.6) is 5.88 Å². The van der Waals surface area contributed by atoms with Gasteiger partial charge in [0.05, 0.1) is 27.4 Å². The van der Waals surface area contributed by atoms with E-state index in [0.717, 1.165) is 4.88 Å². The lowest BCUT2D eigenvalue weighted by molar-refractivity contribution is -0.384. The first-order valence-electron chi connectivity index (χ1n) is 19.3. The predicted molar refractivity (Wildman–Crippen MR) is 216 cm³/mol. The molecule has 5 amide bonds. The van der Waals surface area contributed by atoms with Crippen molar-refractivity contribution >= 4 is 57.8 Å². The van der Waals surface area contributed by atoms with Crippen LogP contribution in [0.15, 0.2) is 78.2 Å². The predicted octanol–water partition coefficient (Wildman–Crippen LogP) is 4.97. The maximum atomic E-state index is 14.6. The van der Waals surface area contributed by atoms with Crippen LogP contribution in [-0.4, -0.2) is 85.4 Å². The summed E-state index contributed by atoms with van der Waals surface area (Å²) >= 11 is 1.46. The minimum absolute atomic E-state index is 0.0181. The molecular formula is C41H44N8O9S. The minimum atomic E-state index is -1.47. The maximum Gasteiger partial charge on any atom is 0.408 e. The van der Waals surface area contributed by atoms with Crippen molar-refractivity contribution in [2.75, 3.05) is 6.54 Å². The molecule has 0 radical (unpaired) electrons. The maximum absolute atomic E-state index is 14.6. The molecule has 2 aliphatic heterocycles. The Labute approximate surface area is 343 Å². The van der Waals surface area contributed by atoms with Crippen molar-refractivity contribution in [3.63, 3.8) is 0 Å². The second-order valence-corrected chi connectivity index (χ2v) is 16.7. The third-order valence-corrected chi connectivity index (χ3v) is 11.2. The van der Waals surface area contributed by atoms with Crippen molar-refractivity contribution in [2.24, 2.45) is 5.92 Å². The van der Waals surface area contributed by atoms with Crippen molar-refractivity contribution < 1.29 is 38.4 Å². The molecule has 1 aliphatic carbocycles. The van der Waals surface area contributed by atoms with Crippen molar-refractivity contribution in [3.05, 3.63) is 93.9 Å². The molecule has 1 saturated carbocycles. The number of thiophene rings is 1. The number of benzene rings is 2. The van der Waals surface area contributed by atoms with Crippen LogP contribution in [0.3, 0.4) is 0 Å². The summed E-state index contributed by atoms with van der Waals surface area (Å²) in [6.07, 6.45) is 4.59. The smallest absolute Gasteiger partial charge is 0.408 e. The molecule has 4 heterocycles. The lowest BCUT2D eigenvalue weighted by Crippen LogP contribution is -2.59. The third kappa shape index (κ3) is 9.33. The van der Waals surface area contributed by atoms with Crippen LogP contribution in [0.25, 0.3) is 21.6 Å². The van der Waals surface area contributed by atoms with Crippen molar-refractivity contribution in [3.8, 4) is 16.5 Å². The summed E-state index contributed by atoms with van der Waals surface area (Å²) in [5, 5.41) is 18.6. The molecule has 7 rings (SSSR count). The van der Waals surface area contributed by atoms with E-state index < -0.39 is 69.9 Å². The second kappa shape index (κ2) is 16.8. The number of hydrogen-bond donors (Lipinski definition) is 4. The monoisotopic (exact) mass is 824 g/mol. The number of amides is 5. The number of rotatable bonds is 7. The number of nitrogens with one attached hydrogen (secondary N) is 4. The SMILES string of the molecule is CC(C)(C)OC(=O)N[C@H]1CCCC/C=C\[C@@H]2C[C@@]2(C(=O)NNC(=O)c2ccc([N+](=O)[O-])cc2)NC(=O)[C@@H]2C[C@@H](Oc3nc4ccccc4nc3-c3cccs3)CN2C1=O. The number of nitro benzene ring substituents is 1. The molecule has 2 aromatic carbocycles. The number of carbonyl (C=O) groups excluding carboxylic acids is 5. The molecule has 2 fully saturated rings. The summed E-state index contributed by atoms with van der Waals surface area (Å²) in [5.41, 5.74) is 4.08. The number of fused-ring (bicyclic) bond motifs is 3. The van der Waals surface area contributed by atoms with Crippen molar-refractivity contribution in [1.82, 2.24) is 36.4 Å². The fraction of sp³-hybridized carbons (Fsp3) is 0.390. The van der Waals surface area contributed by atoms with Crippen LogP contribution in [0, 0.1) is 16.0 Å². The molecule has 2 aromatic heterocycles. The summed E-state index contributed by atoms with van der Waals surface area (Å²) in [7, 11) is 0. The van der Waals surface area contributed by atoms with E-state index in [-0.39, 0.29) is 42.9 Å². The van der Waals surface area contributed by atoms with Crippen molar-refractivity contribution in [1.29, 1.82) is 0 Å². The van der Waals surface area contributed by atoms with Gasteiger partial charge in [-0.15, -0.1) is 11.3 Å². The van der Waals surface area contributed by atoms with Gasteiger partial charge in [0, 0.05) is 30.0 Å². The first-order valence-corrected chi connectivity index (χ1v) is 20.2. The van der Waals surface area contributed by atoms with Crippen LogP contribution >= 0.6 is 11.3 Å². The highest BCUT2D eigenvalue weighted by Gasteiger charge is 2.61. The lowest BCUT2D eigenvalue weighted by Gasteiger charge is -2.30. The largest absolute Gasteiger partial charge is 0.471 e. The zero-order valence-electron chi connectivity index (χ0n) is 32.6. The lowest BCUT2D eigenvalue weighted by atomic mass is 10.0. The molecule has 0 spiro atoms. The van der Waals surface area contributed by atoms with E-state index in [0.29, 0.717) is 36.0 Å². The molecule has 3 aliphatic rings. The quantitative estimate of drug-likeness (QED) is 0.111. The molecule has 0 bridgehead atoms. The van der Waals surface area contributed by atoms with Gasteiger partial charge in [-0.1, -0.05) is 36.8 Å². The van der Waals surface area contributed by atoms with E-state index in [9.17, 15) is 34.1 Å². The number of allylic oxidation sites excluding steroid dienone is 1. The highest BCUT2D eigenvalue weighted by atomic mass is 32.1. The highest BCUT2D eigenvalue weighted by molar-refractivity contribution is 7.13. The number of nitro groups is 1. The number of alkyl carbamates (subject to hydrolysis) is 1. The van der Waals surface area contributed by atoms with Crippen LogP contribution in [0.1, 0.15) is 69.7 Å². The van der Waals surface area contributed by atoms with Gasteiger partial charge in [0.15, 0.2) is 0 Å². The second-order valence-electron chi connectivity index (χ2n) is 15.7. The van der Waals surface area contributed by atoms with Gasteiger partial charge in [-0.25, -0.2) is 14.8 Å². The number of para-hydroxylation sites is 2. The van der Waals surface area contributed by atoms with Gasteiger partial charge in [0.1, 0.15) is 35.0 Å². The Kier molecular flexibility index (Phi) is 11.6. The van der Waals surface area contributed by atoms with E-state index in [2.05, 4.69) is 21.5 Å². The Morgan fingerprint density at radius 2 is 1.75 bits per heavy atom. The zero-order valence-corrected chi connectivity index (χ0v) is 33.5. The third-order valence-electron chi connectivity index (χ3n) is 10.3. The normalized spacial score (nSPS) is 23.7. The van der Waals surface area contributed by atoms with Crippen LogP contribution < -0.4 is 26.2 Å². The summed E-state index contributed by atoms with van der Waals surface area (Å²) in [6.45, 7) is 5.11. The highest BCUT2D eigenvalue weighted by Crippen LogP contribution is 2.45. The standard InChI is InChI=1S/C41H44N8O9S/c1-40(2,3)58-39(54)44-30-14-7-5-4-6-11-25-22-41(25,38(53)47-46-34(50)24-16-18-26(19-17-24)49(55)56)45-35(51)31-21-27(23-48(31)37(30)52)57-36-33(32-15-10-20-59-32)42-28-12-8-9-13-29(28)43-36/h6,8-13,15-20,25,27,30-31H,4-5,7,14,21-23H2,1-3H3,(H,44,54)(H,45,51)(H,46,50)(H,47,53)/b11-6-/t25-,27-,30+,31+,41-/m1/s1. The molecule has 4 aromatic rings. The fourth-order valence-electron chi connectivity index (χ4n) is 7.27. The number of hydrogen-bond acceptors (Lipinski definition) is 12. The van der Waals surface area contributed by atoms with E-state index >= 15 is 0 Å². The summed E-state index contributed by atoms with van der Waals surface area (Å²) < 4.78 is 12.1. The fourth-order valence-corrected chi connectivity index (χ4v) is 7.97. The summed E-state index contributed by atoms with van der Waals surface area (Å²) in [6, 6.07) is 13.8. The number of aromatic nitrogens is 2. The zero-order chi connectivity index (χ0) is 41.9. The van der Waals surface area contributed by atoms with E-state index in [1.54, 1.807) is 20.8 Å². The van der Waals surface area contributed by atoms with Crippen LogP contribution in [0.2, 0.25) is 0 Å². The van der Waals surface area contributed by atoms with E-state index in [1.807, 2.05) is 53.9 Å². The molecule has 308 valence electrons. The van der Waals surface area contributed by atoms with Gasteiger partial charge >= 0.3 is 6.09 Å². The molecule has 59 heavy (non-hydrogen) atoms. The van der Waals surface area contributed by atoms with Crippen LogP contribution in [-0.2, 0) is 19.1 Å². The summed E-state index contributed by atoms with van der Waals surface area (Å²) in [4.78, 5) is 91.2. The van der Waals surface area contributed by atoms with Gasteiger partial charge in [-0.05, 0) is 82.2 Å². The van der Waals surface area contributed by atoms with Gasteiger partial charge in [-0.2, -0.15) is 0 Å². The number of non-ortho nitro benzene ring substituents is 1. The van der Waals surface area contributed by atoms with Gasteiger partial charge in [-0.3, -0.25) is 40.1 Å². The molecule has 18 heteroatoms. The molecule has 5 atom stereocenters. The molecule has 17 nitrogen and oxygen atoms in total. The Bertz CT molecular complexity index is 2300. The number of nitrogens with zero attached hydrogens (tertiary/aromatic N) is 4. The summed E-state index contributed by atoms with van der Waals surface area (Å²) in [5.74, 6) is -2.76. The van der Waals surface area contributed by atoms with Gasteiger partial charge < -0.3 is 25.0 Å². The minimum Gasteiger partial charge on any atom is -0.471 e. The average molecular weight is 825 g/mol. The Hall–Kier alpha value is -6.43. The molecule has 4 N–H and O–H groups in total. The first kappa shape index (κ1) is 40.8. The van der Waals surface area contributed by atoms with Crippen molar-refractivity contribution in [2.45, 2.75) is 88.6 Å². The number of hydrazine groups is 1.